The van der Waals surface area contributed by atoms with E-state index in [2.05, 4.69) is 72.6 Å². The van der Waals surface area contributed by atoms with Gasteiger partial charge in [0.15, 0.2) is 5.82 Å². The lowest BCUT2D eigenvalue weighted by Crippen LogP contribution is -2.18. The first-order valence-electron chi connectivity index (χ1n) is 7.05. The van der Waals surface area contributed by atoms with Crippen LogP contribution in [0.4, 0.5) is 5.82 Å². The largest absolute Gasteiger partial charge is 0.382 e. The van der Waals surface area contributed by atoms with E-state index in [1.165, 1.54) is 11.1 Å². The average Bonchev–Trinajstić information content (AvgIpc) is 2.94. The van der Waals surface area contributed by atoms with Crippen molar-refractivity contribution in [1.82, 2.24) is 10.2 Å². The lowest BCUT2D eigenvalue weighted by molar-refractivity contribution is 0.641. The number of nitrogens with zero attached hydrogens (tertiary/aromatic N) is 1. The summed E-state index contributed by atoms with van der Waals surface area (Å²) in [4.78, 5) is 0. The minimum absolute atomic E-state index is 0.0261. The zero-order chi connectivity index (χ0) is 14.9. The molecule has 0 atom stereocenters. The Balaban J connectivity index is 1.96. The van der Waals surface area contributed by atoms with Crippen molar-refractivity contribution in [2.45, 2.75) is 19.3 Å². The Bertz CT molecular complexity index is 725. The summed E-state index contributed by atoms with van der Waals surface area (Å²) >= 11 is 0. The molecule has 0 bridgehead atoms. The zero-order valence-corrected chi connectivity index (χ0v) is 12.3. The van der Waals surface area contributed by atoms with Crippen LogP contribution in [0.1, 0.15) is 25.0 Å². The van der Waals surface area contributed by atoms with Gasteiger partial charge in [-0.2, -0.15) is 5.10 Å². The molecule has 0 unspecified atom stereocenters. The highest BCUT2D eigenvalue weighted by molar-refractivity contribution is 5.73. The molecule has 3 rings (SSSR count). The number of benzene rings is 2. The predicted octanol–water partition coefficient (Wildman–Crippen LogP) is 3.98. The maximum Gasteiger partial charge on any atom is 0.153 e. The van der Waals surface area contributed by atoms with Crippen LogP contribution >= 0.6 is 0 Å². The molecule has 0 amide bonds. The maximum atomic E-state index is 5.85. The van der Waals surface area contributed by atoms with Gasteiger partial charge in [0, 0.05) is 17.2 Å². The smallest absolute Gasteiger partial charge is 0.153 e. The number of nitrogen functional groups attached to an aromatic ring is 1. The molecule has 21 heavy (non-hydrogen) atoms. The summed E-state index contributed by atoms with van der Waals surface area (Å²) in [5, 5.41) is 6.76. The van der Waals surface area contributed by atoms with Crippen LogP contribution in [0.25, 0.3) is 11.1 Å². The molecule has 2 aromatic carbocycles. The number of hydrogen-bond acceptors (Lipinski definition) is 2. The number of anilines is 1. The van der Waals surface area contributed by atoms with E-state index in [1.54, 1.807) is 0 Å². The van der Waals surface area contributed by atoms with Crippen molar-refractivity contribution in [2.24, 2.45) is 0 Å². The van der Waals surface area contributed by atoms with E-state index in [1.807, 2.05) is 12.3 Å². The minimum Gasteiger partial charge on any atom is -0.382 e. The van der Waals surface area contributed by atoms with E-state index in [-0.39, 0.29) is 5.41 Å². The van der Waals surface area contributed by atoms with Crippen molar-refractivity contribution >= 4 is 5.82 Å². The fourth-order valence-corrected chi connectivity index (χ4v) is 2.62. The number of rotatable bonds is 3. The summed E-state index contributed by atoms with van der Waals surface area (Å²) in [6.07, 6.45) is 1.83. The first-order valence-corrected chi connectivity index (χ1v) is 7.05. The van der Waals surface area contributed by atoms with Gasteiger partial charge in [0.05, 0.1) is 0 Å². The van der Waals surface area contributed by atoms with Gasteiger partial charge in [0.25, 0.3) is 0 Å². The molecule has 1 heterocycles. The SMILES string of the molecule is CC(C)(c1ccccc1)c1ccc(-c2c[nH]nc2N)cc1. The van der Waals surface area contributed by atoms with Crippen molar-refractivity contribution in [2.75, 3.05) is 5.73 Å². The summed E-state index contributed by atoms with van der Waals surface area (Å²) < 4.78 is 0. The van der Waals surface area contributed by atoms with Crippen LogP contribution in [-0.4, -0.2) is 10.2 Å². The molecule has 106 valence electrons. The molecule has 0 spiro atoms. The quantitative estimate of drug-likeness (QED) is 0.760. The van der Waals surface area contributed by atoms with Gasteiger partial charge in [-0.3, -0.25) is 5.10 Å². The topological polar surface area (TPSA) is 54.7 Å². The lowest BCUT2D eigenvalue weighted by Gasteiger charge is -2.26. The number of aromatic nitrogens is 2. The molecule has 0 aliphatic rings. The van der Waals surface area contributed by atoms with Crippen LogP contribution in [-0.2, 0) is 5.41 Å². The minimum atomic E-state index is -0.0261. The lowest BCUT2D eigenvalue weighted by atomic mass is 9.78. The van der Waals surface area contributed by atoms with E-state index in [0.29, 0.717) is 5.82 Å². The Labute approximate surface area is 124 Å². The van der Waals surface area contributed by atoms with Gasteiger partial charge in [-0.05, 0) is 16.7 Å². The second-order valence-corrected chi connectivity index (χ2v) is 5.75. The van der Waals surface area contributed by atoms with Crippen molar-refractivity contribution in [3.05, 3.63) is 71.9 Å². The Hall–Kier alpha value is -2.55. The molecule has 0 fully saturated rings. The van der Waals surface area contributed by atoms with Crippen molar-refractivity contribution in [3.8, 4) is 11.1 Å². The molecule has 0 saturated heterocycles. The molecule has 3 heteroatoms. The number of aromatic amines is 1. The average molecular weight is 277 g/mol. The van der Waals surface area contributed by atoms with Gasteiger partial charge in [-0.15, -0.1) is 0 Å². The van der Waals surface area contributed by atoms with Crippen molar-refractivity contribution in [3.63, 3.8) is 0 Å². The molecule has 0 radical (unpaired) electrons. The first-order chi connectivity index (χ1) is 10.1. The molecule has 1 aromatic heterocycles. The molecule has 0 aliphatic heterocycles. The standard InChI is InChI=1S/C18H19N3/c1-18(2,14-6-4-3-5-7-14)15-10-8-13(9-11-15)16-12-20-21-17(16)19/h3-12H,1-2H3,(H3,19,20,21). The van der Waals surface area contributed by atoms with E-state index < -0.39 is 0 Å². The Morgan fingerprint density at radius 3 is 2.10 bits per heavy atom. The summed E-state index contributed by atoms with van der Waals surface area (Å²) in [5.74, 6) is 0.532. The molecular formula is C18H19N3. The molecular weight excluding hydrogens is 258 g/mol. The maximum absolute atomic E-state index is 5.85. The van der Waals surface area contributed by atoms with Gasteiger partial charge < -0.3 is 5.73 Å². The van der Waals surface area contributed by atoms with Gasteiger partial charge >= 0.3 is 0 Å². The number of nitrogens with one attached hydrogen (secondary N) is 1. The monoisotopic (exact) mass is 277 g/mol. The first kappa shape index (κ1) is 13.4. The third-order valence-electron chi connectivity index (χ3n) is 4.08. The summed E-state index contributed by atoms with van der Waals surface area (Å²) in [5.41, 5.74) is 10.4. The van der Waals surface area contributed by atoms with E-state index >= 15 is 0 Å². The Kier molecular flexibility index (Phi) is 3.26. The van der Waals surface area contributed by atoms with Crippen LogP contribution in [0.2, 0.25) is 0 Å². The van der Waals surface area contributed by atoms with Crippen LogP contribution in [0.15, 0.2) is 60.8 Å². The fraction of sp³-hybridized carbons (Fsp3) is 0.167. The van der Waals surface area contributed by atoms with E-state index in [9.17, 15) is 0 Å². The predicted molar refractivity (Wildman–Crippen MR) is 87.0 cm³/mol. The molecule has 0 aliphatic carbocycles. The van der Waals surface area contributed by atoms with Crippen molar-refractivity contribution in [1.29, 1.82) is 0 Å². The Morgan fingerprint density at radius 2 is 1.52 bits per heavy atom. The van der Waals surface area contributed by atoms with Crippen LogP contribution in [0, 0.1) is 0 Å². The number of hydrogen-bond donors (Lipinski definition) is 2. The second kappa shape index (κ2) is 5.09. The summed E-state index contributed by atoms with van der Waals surface area (Å²) in [6, 6.07) is 19.1. The number of H-pyrrole nitrogens is 1. The highest BCUT2D eigenvalue weighted by atomic mass is 15.1. The van der Waals surface area contributed by atoms with Crippen LogP contribution in [0.5, 0.6) is 0 Å². The number of nitrogens with two attached hydrogens (primary N) is 1. The second-order valence-electron chi connectivity index (χ2n) is 5.75. The van der Waals surface area contributed by atoms with Crippen LogP contribution < -0.4 is 5.73 Å². The fourth-order valence-electron chi connectivity index (χ4n) is 2.62. The van der Waals surface area contributed by atoms with Crippen molar-refractivity contribution < 1.29 is 0 Å². The summed E-state index contributed by atoms with van der Waals surface area (Å²) in [6.45, 7) is 4.48. The highest BCUT2D eigenvalue weighted by Gasteiger charge is 2.22. The summed E-state index contributed by atoms with van der Waals surface area (Å²) in [7, 11) is 0. The van der Waals surface area contributed by atoms with E-state index in [4.69, 9.17) is 5.73 Å². The third kappa shape index (κ3) is 2.42. The van der Waals surface area contributed by atoms with Gasteiger partial charge in [-0.1, -0.05) is 68.4 Å². The molecule has 3 aromatic rings. The molecule has 0 saturated carbocycles. The molecule has 3 nitrogen and oxygen atoms in total. The zero-order valence-electron chi connectivity index (χ0n) is 12.3. The highest BCUT2D eigenvalue weighted by Crippen LogP contribution is 2.33. The van der Waals surface area contributed by atoms with Gasteiger partial charge in [-0.25, -0.2) is 0 Å². The van der Waals surface area contributed by atoms with Gasteiger partial charge in [0.2, 0.25) is 0 Å². The molecule has 3 N–H and O–H groups in total. The normalized spacial score (nSPS) is 11.5. The van der Waals surface area contributed by atoms with Crippen LogP contribution in [0.3, 0.4) is 0 Å². The third-order valence-corrected chi connectivity index (χ3v) is 4.08. The van der Waals surface area contributed by atoms with E-state index in [0.717, 1.165) is 11.1 Å². The Morgan fingerprint density at radius 1 is 0.905 bits per heavy atom. The van der Waals surface area contributed by atoms with Gasteiger partial charge in [0.1, 0.15) is 0 Å².